The predicted octanol–water partition coefficient (Wildman–Crippen LogP) is 3.91. The molecule has 3 rings (SSSR count). The molecule has 210 valence electrons. The third-order valence-corrected chi connectivity index (χ3v) is 7.65. The molecule has 0 unspecified atom stereocenters. The zero-order valence-corrected chi connectivity index (χ0v) is 23.4. The second-order valence-corrected chi connectivity index (χ2v) is 10.0. The van der Waals surface area contributed by atoms with Crippen molar-refractivity contribution in [3.05, 3.63) is 24.3 Å². The highest BCUT2D eigenvalue weighted by Gasteiger charge is 2.31. The first kappa shape index (κ1) is 29.3. The van der Waals surface area contributed by atoms with Crippen molar-refractivity contribution in [2.75, 3.05) is 63.0 Å². The summed E-state index contributed by atoms with van der Waals surface area (Å²) in [6.45, 7) is 12.7. The first-order valence-electron chi connectivity index (χ1n) is 14.1. The van der Waals surface area contributed by atoms with Crippen LogP contribution >= 0.6 is 0 Å². The number of nitrogens with zero attached hydrogens (tertiary/aromatic N) is 4. The quantitative estimate of drug-likeness (QED) is 0.534. The molecule has 2 saturated heterocycles. The molecule has 10 nitrogen and oxygen atoms in total. The lowest BCUT2D eigenvalue weighted by molar-refractivity contribution is -0.137. The maximum absolute atomic E-state index is 12.9. The third kappa shape index (κ3) is 7.39. The van der Waals surface area contributed by atoms with Gasteiger partial charge in [0.1, 0.15) is 0 Å². The summed E-state index contributed by atoms with van der Waals surface area (Å²) in [7, 11) is 0. The average Bonchev–Trinajstić information content (AvgIpc) is 2.95. The van der Waals surface area contributed by atoms with Crippen molar-refractivity contribution in [3.8, 4) is 0 Å². The van der Waals surface area contributed by atoms with Gasteiger partial charge in [-0.3, -0.25) is 9.59 Å². The number of benzene rings is 1. The lowest BCUT2D eigenvalue weighted by atomic mass is 9.96. The van der Waals surface area contributed by atoms with Crippen LogP contribution in [-0.4, -0.2) is 95.8 Å². The number of hydrogen-bond donors (Lipinski definition) is 2. The zero-order valence-electron chi connectivity index (χ0n) is 23.4. The summed E-state index contributed by atoms with van der Waals surface area (Å²) in [6.07, 6.45) is 3.20. The summed E-state index contributed by atoms with van der Waals surface area (Å²) in [5.74, 6) is -0.0950. The molecule has 0 radical (unpaired) electrons. The molecule has 2 fully saturated rings. The second-order valence-electron chi connectivity index (χ2n) is 10.0. The molecule has 2 atom stereocenters. The molecule has 1 aromatic rings. The Labute approximate surface area is 226 Å². The normalized spacial score (nSPS) is 19.5. The van der Waals surface area contributed by atoms with Crippen molar-refractivity contribution < 1.29 is 19.2 Å². The summed E-state index contributed by atoms with van der Waals surface area (Å²) in [6, 6.07) is 6.54. The fourth-order valence-corrected chi connectivity index (χ4v) is 5.36. The van der Waals surface area contributed by atoms with E-state index < -0.39 is 0 Å². The van der Waals surface area contributed by atoms with Crippen LogP contribution in [0.2, 0.25) is 0 Å². The SMILES string of the molecule is CCN(CC)C(=O)[C@H]1CCCN(C(=O)Nc2ccc(NC(=O)N3CCC[C@H](C(=O)N(CC)CC)C3)cc2)C1. The third-order valence-electron chi connectivity index (χ3n) is 7.65. The van der Waals surface area contributed by atoms with E-state index in [-0.39, 0.29) is 35.7 Å². The molecule has 0 bridgehead atoms. The number of likely N-dealkylation sites (tertiary alicyclic amines) is 2. The molecule has 0 aliphatic carbocycles. The first-order chi connectivity index (χ1) is 18.3. The maximum Gasteiger partial charge on any atom is 0.321 e. The van der Waals surface area contributed by atoms with Crippen molar-refractivity contribution in [2.24, 2.45) is 11.8 Å². The van der Waals surface area contributed by atoms with Gasteiger partial charge in [0.05, 0.1) is 11.8 Å². The Bertz CT molecular complexity index is 884. The molecule has 0 saturated carbocycles. The van der Waals surface area contributed by atoms with Crippen LogP contribution in [0.15, 0.2) is 24.3 Å². The molecule has 2 heterocycles. The number of nitrogens with one attached hydrogen (secondary N) is 2. The van der Waals surface area contributed by atoms with Gasteiger partial charge in [0, 0.05) is 63.7 Å². The molecular weight excluding hydrogens is 484 g/mol. The molecule has 2 aliphatic heterocycles. The first-order valence-corrected chi connectivity index (χ1v) is 14.1. The van der Waals surface area contributed by atoms with Gasteiger partial charge in [-0.2, -0.15) is 0 Å². The lowest BCUT2D eigenvalue weighted by Crippen LogP contribution is -2.48. The van der Waals surface area contributed by atoms with Gasteiger partial charge in [0.2, 0.25) is 11.8 Å². The molecular formula is C28H44N6O4. The monoisotopic (exact) mass is 528 g/mol. The number of carbonyl (C=O) groups is 4. The van der Waals surface area contributed by atoms with Gasteiger partial charge in [-0.05, 0) is 77.6 Å². The Kier molecular flexibility index (Phi) is 10.8. The van der Waals surface area contributed by atoms with Gasteiger partial charge in [-0.25, -0.2) is 9.59 Å². The van der Waals surface area contributed by atoms with E-state index in [1.165, 1.54) is 0 Å². The van der Waals surface area contributed by atoms with Crippen molar-refractivity contribution in [2.45, 2.75) is 53.4 Å². The standard InChI is InChI=1S/C28H44N6O4/c1-5-31(6-2)25(35)21-11-9-17-33(19-21)27(37)29-23-13-15-24(16-14-23)30-28(38)34-18-10-12-22(20-34)26(36)32(7-3)8-4/h13-16,21-22H,5-12,17-20H2,1-4H3,(H,29,37)(H,30,38)/t21-,22-/m0/s1. The van der Waals surface area contributed by atoms with E-state index in [0.29, 0.717) is 63.7 Å². The van der Waals surface area contributed by atoms with E-state index in [4.69, 9.17) is 0 Å². The minimum Gasteiger partial charge on any atom is -0.343 e. The molecule has 2 N–H and O–H groups in total. The van der Waals surface area contributed by atoms with Crippen LogP contribution in [0.4, 0.5) is 21.0 Å². The van der Waals surface area contributed by atoms with E-state index in [1.54, 1.807) is 34.1 Å². The molecule has 0 spiro atoms. The topological polar surface area (TPSA) is 105 Å². The van der Waals surface area contributed by atoms with Gasteiger partial charge < -0.3 is 30.2 Å². The largest absolute Gasteiger partial charge is 0.343 e. The van der Waals surface area contributed by atoms with Crippen LogP contribution in [0.25, 0.3) is 0 Å². The van der Waals surface area contributed by atoms with E-state index in [2.05, 4.69) is 10.6 Å². The van der Waals surface area contributed by atoms with E-state index >= 15 is 0 Å². The Morgan fingerprint density at radius 3 is 1.34 bits per heavy atom. The number of amides is 6. The van der Waals surface area contributed by atoms with Crippen LogP contribution in [0, 0.1) is 11.8 Å². The van der Waals surface area contributed by atoms with Crippen molar-refractivity contribution in [3.63, 3.8) is 0 Å². The Balaban J connectivity index is 1.51. The molecule has 10 heteroatoms. The smallest absolute Gasteiger partial charge is 0.321 e. The number of rotatable bonds is 8. The van der Waals surface area contributed by atoms with Gasteiger partial charge in [0.25, 0.3) is 0 Å². The van der Waals surface area contributed by atoms with Crippen molar-refractivity contribution in [1.82, 2.24) is 19.6 Å². The lowest BCUT2D eigenvalue weighted by Gasteiger charge is -2.34. The Morgan fingerprint density at radius 1 is 0.684 bits per heavy atom. The Hall–Kier alpha value is -3.30. The minimum absolute atomic E-state index is 0.116. The number of urea groups is 2. The number of carbonyl (C=O) groups excluding carboxylic acids is 4. The summed E-state index contributed by atoms with van der Waals surface area (Å²) in [4.78, 5) is 58.3. The van der Waals surface area contributed by atoms with E-state index in [0.717, 1.165) is 25.7 Å². The maximum atomic E-state index is 12.9. The highest BCUT2D eigenvalue weighted by molar-refractivity contribution is 5.92. The minimum atomic E-state index is -0.226. The fraction of sp³-hybridized carbons (Fsp3) is 0.643. The van der Waals surface area contributed by atoms with Crippen molar-refractivity contribution in [1.29, 1.82) is 0 Å². The van der Waals surface area contributed by atoms with Gasteiger partial charge in [-0.1, -0.05) is 0 Å². The fourth-order valence-electron chi connectivity index (χ4n) is 5.36. The predicted molar refractivity (Wildman–Crippen MR) is 149 cm³/mol. The molecule has 0 aromatic heterocycles. The Morgan fingerprint density at radius 2 is 1.03 bits per heavy atom. The molecule has 2 aliphatic rings. The van der Waals surface area contributed by atoms with Gasteiger partial charge >= 0.3 is 12.1 Å². The van der Waals surface area contributed by atoms with Crippen LogP contribution < -0.4 is 10.6 Å². The summed E-state index contributed by atoms with van der Waals surface area (Å²) in [5, 5.41) is 5.82. The van der Waals surface area contributed by atoms with Crippen LogP contribution in [0.1, 0.15) is 53.4 Å². The van der Waals surface area contributed by atoms with Crippen LogP contribution in [-0.2, 0) is 9.59 Å². The van der Waals surface area contributed by atoms with Crippen molar-refractivity contribution >= 4 is 35.3 Å². The number of hydrogen-bond acceptors (Lipinski definition) is 4. The van der Waals surface area contributed by atoms with Gasteiger partial charge in [-0.15, -0.1) is 0 Å². The van der Waals surface area contributed by atoms with E-state index in [9.17, 15) is 19.2 Å². The summed E-state index contributed by atoms with van der Waals surface area (Å²) >= 11 is 0. The summed E-state index contributed by atoms with van der Waals surface area (Å²) < 4.78 is 0. The number of anilines is 2. The van der Waals surface area contributed by atoms with Crippen LogP contribution in [0.3, 0.4) is 0 Å². The van der Waals surface area contributed by atoms with E-state index in [1.807, 2.05) is 37.5 Å². The molecule has 6 amide bonds. The zero-order chi connectivity index (χ0) is 27.7. The average molecular weight is 529 g/mol. The molecule has 38 heavy (non-hydrogen) atoms. The highest BCUT2D eigenvalue weighted by atomic mass is 16.2. The van der Waals surface area contributed by atoms with Gasteiger partial charge in [0.15, 0.2) is 0 Å². The summed E-state index contributed by atoms with van der Waals surface area (Å²) in [5.41, 5.74) is 1.24. The second kappa shape index (κ2) is 14.0. The molecule has 1 aromatic carbocycles. The van der Waals surface area contributed by atoms with Crippen LogP contribution in [0.5, 0.6) is 0 Å². The highest BCUT2D eigenvalue weighted by Crippen LogP contribution is 2.22. The number of piperidine rings is 2.